The Bertz CT molecular complexity index is 60.8. The minimum Gasteiger partial charge on any atom is -0.457 e. The van der Waals surface area contributed by atoms with Crippen LogP contribution in [0.5, 0.6) is 0 Å². The van der Waals surface area contributed by atoms with Crippen molar-refractivity contribution in [1.82, 2.24) is 4.90 Å². The van der Waals surface area contributed by atoms with Crippen LogP contribution in [0.25, 0.3) is 0 Å². The van der Waals surface area contributed by atoms with Gasteiger partial charge in [-0.05, 0) is 25.4 Å². The van der Waals surface area contributed by atoms with Gasteiger partial charge in [0, 0.05) is 0 Å². The lowest BCUT2D eigenvalue weighted by atomic mass is 10.1. The minimum atomic E-state index is 0.726. The first-order valence-corrected chi connectivity index (χ1v) is 3.38. The van der Waals surface area contributed by atoms with Crippen LogP contribution >= 0.6 is 0 Å². The lowest BCUT2D eigenvalue weighted by molar-refractivity contribution is 0.225. The van der Waals surface area contributed by atoms with E-state index in [2.05, 4.69) is 18.9 Å². The van der Waals surface area contributed by atoms with Gasteiger partial charge in [-0.2, -0.15) is 0 Å². The Morgan fingerprint density at radius 2 is 2.25 bits per heavy atom. The smallest absolute Gasteiger partial charge is 0.0214 e. The average Bonchev–Trinajstić information content (AvgIpc) is 1.77. The summed E-state index contributed by atoms with van der Waals surface area (Å²) in [7, 11) is 3.91. The molecule has 1 atom stereocenters. The predicted molar refractivity (Wildman–Crippen MR) is 35.4 cm³/mol. The number of rotatable bonds is 0. The SMILES string of the molecule is [CH2-]N1CCCCC1C. The van der Waals surface area contributed by atoms with Crippen molar-refractivity contribution in [1.29, 1.82) is 0 Å². The van der Waals surface area contributed by atoms with Crippen LogP contribution in [0.3, 0.4) is 0 Å². The van der Waals surface area contributed by atoms with Crippen LogP contribution in [-0.4, -0.2) is 17.5 Å². The summed E-state index contributed by atoms with van der Waals surface area (Å²) in [6, 6.07) is 0.726. The van der Waals surface area contributed by atoms with E-state index in [9.17, 15) is 0 Å². The third-order valence-corrected chi connectivity index (χ3v) is 1.94. The number of nitrogens with zero attached hydrogens (tertiary/aromatic N) is 1. The molecule has 1 saturated heterocycles. The quantitative estimate of drug-likeness (QED) is 0.431. The number of hydrogen-bond donors (Lipinski definition) is 0. The molecule has 0 spiro atoms. The first-order chi connectivity index (χ1) is 3.80. The van der Waals surface area contributed by atoms with Gasteiger partial charge in [0.05, 0.1) is 0 Å². The van der Waals surface area contributed by atoms with Crippen LogP contribution in [0.4, 0.5) is 0 Å². The molecule has 0 bridgehead atoms. The molecule has 1 heteroatoms. The van der Waals surface area contributed by atoms with Gasteiger partial charge in [0.15, 0.2) is 0 Å². The molecule has 1 unspecified atom stereocenters. The van der Waals surface area contributed by atoms with Crippen LogP contribution in [0, 0.1) is 7.05 Å². The van der Waals surface area contributed by atoms with Gasteiger partial charge in [-0.3, -0.25) is 7.05 Å². The summed E-state index contributed by atoms with van der Waals surface area (Å²) in [6.45, 7) is 3.44. The molecular weight excluding hydrogens is 98.1 g/mol. The predicted octanol–water partition coefficient (Wildman–Crippen LogP) is 1.65. The molecule has 0 aromatic heterocycles. The molecule has 1 aliphatic heterocycles. The van der Waals surface area contributed by atoms with Crippen molar-refractivity contribution in [2.75, 3.05) is 6.54 Å². The molecule has 8 heavy (non-hydrogen) atoms. The standard InChI is InChI=1S/C7H14N/c1-7-5-3-4-6-8(7)2/h7H,2-6H2,1H3/q-1. The van der Waals surface area contributed by atoms with Gasteiger partial charge in [-0.1, -0.05) is 13.3 Å². The molecule has 1 aliphatic rings. The van der Waals surface area contributed by atoms with Gasteiger partial charge in [0.25, 0.3) is 0 Å². The largest absolute Gasteiger partial charge is 0.457 e. The monoisotopic (exact) mass is 112 g/mol. The van der Waals surface area contributed by atoms with E-state index in [4.69, 9.17) is 0 Å². The summed E-state index contributed by atoms with van der Waals surface area (Å²) >= 11 is 0. The van der Waals surface area contributed by atoms with E-state index in [0.29, 0.717) is 0 Å². The van der Waals surface area contributed by atoms with Crippen molar-refractivity contribution in [3.8, 4) is 0 Å². The molecule has 0 aromatic carbocycles. The molecule has 0 amide bonds. The van der Waals surface area contributed by atoms with E-state index >= 15 is 0 Å². The zero-order valence-electron chi connectivity index (χ0n) is 5.56. The van der Waals surface area contributed by atoms with Crippen molar-refractivity contribution in [3.63, 3.8) is 0 Å². The molecule has 0 saturated carbocycles. The maximum atomic E-state index is 3.91. The molecule has 48 valence electrons. The summed E-state index contributed by atoms with van der Waals surface area (Å²) in [5, 5.41) is 0. The summed E-state index contributed by atoms with van der Waals surface area (Å²) in [5.41, 5.74) is 0. The van der Waals surface area contributed by atoms with E-state index in [1.165, 1.54) is 25.8 Å². The Labute approximate surface area is 51.7 Å². The van der Waals surface area contributed by atoms with Crippen LogP contribution < -0.4 is 0 Å². The van der Waals surface area contributed by atoms with Gasteiger partial charge in [-0.25, -0.2) is 0 Å². The van der Waals surface area contributed by atoms with E-state index in [0.717, 1.165) is 6.04 Å². The first kappa shape index (κ1) is 6.09. The Hall–Kier alpha value is -0.0400. The minimum absolute atomic E-state index is 0.726. The Morgan fingerprint density at radius 3 is 2.62 bits per heavy atom. The fourth-order valence-electron chi connectivity index (χ4n) is 1.16. The lowest BCUT2D eigenvalue weighted by Crippen LogP contribution is -2.31. The highest BCUT2D eigenvalue weighted by atomic mass is 15.1. The molecule has 0 radical (unpaired) electrons. The van der Waals surface area contributed by atoms with Gasteiger partial charge >= 0.3 is 0 Å². The fourth-order valence-corrected chi connectivity index (χ4v) is 1.16. The third kappa shape index (κ3) is 1.22. The molecular formula is C7H14N-. The lowest BCUT2D eigenvalue weighted by Gasteiger charge is -2.36. The molecule has 0 aliphatic carbocycles. The highest BCUT2D eigenvalue weighted by molar-refractivity contribution is 4.71. The van der Waals surface area contributed by atoms with Gasteiger partial charge < -0.3 is 4.90 Å². The van der Waals surface area contributed by atoms with Gasteiger partial charge in [0.1, 0.15) is 0 Å². The highest BCUT2D eigenvalue weighted by Crippen LogP contribution is 2.13. The maximum Gasteiger partial charge on any atom is -0.0214 e. The van der Waals surface area contributed by atoms with E-state index < -0.39 is 0 Å². The molecule has 1 nitrogen and oxygen atoms in total. The van der Waals surface area contributed by atoms with Crippen molar-refractivity contribution < 1.29 is 0 Å². The van der Waals surface area contributed by atoms with Crippen LogP contribution in [-0.2, 0) is 0 Å². The normalized spacial score (nSPS) is 33.0. The highest BCUT2D eigenvalue weighted by Gasteiger charge is 2.07. The first-order valence-electron chi connectivity index (χ1n) is 3.38. The number of hydrogen-bond acceptors (Lipinski definition) is 1. The molecule has 1 fully saturated rings. The van der Waals surface area contributed by atoms with Crippen LogP contribution in [0.1, 0.15) is 26.2 Å². The van der Waals surface area contributed by atoms with Crippen LogP contribution in [0.15, 0.2) is 0 Å². The zero-order chi connectivity index (χ0) is 5.98. The zero-order valence-corrected chi connectivity index (χ0v) is 5.56. The summed E-state index contributed by atoms with van der Waals surface area (Å²) < 4.78 is 0. The summed E-state index contributed by atoms with van der Waals surface area (Å²) in [4.78, 5) is 2.18. The topological polar surface area (TPSA) is 3.24 Å². The summed E-state index contributed by atoms with van der Waals surface area (Å²) in [6.07, 6.45) is 4.07. The van der Waals surface area contributed by atoms with Gasteiger partial charge in [-0.15, -0.1) is 0 Å². The van der Waals surface area contributed by atoms with E-state index in [1.54, 1.807) is 0 Å². The van der Waals surface area contributed by atoms with Crippen molar-refractivity contribution in [2.24, 2.45) is 0 Å². The average molecular weight is 112 g/mol. The van der Waals surface area contributed by atoms with Crippen molar-refractivity contribution in [2.45, 2.75) is 32.2 Å². The number of piperidine rings is 1. The van der Waals surface area contributed by atoms with Crippen LogP contribution in [0.2, 0.25) is 0 Å². The van der Waals surface area contributed by atoms with Crippen molar-refractivity contribution >= 4 is 0 Å². The molecule has 0 N–H and O–H groups in total. The van der Waals surface area contributed by atoms with E-state index in [1.807, 2.05) is 0 Å². The second kappa shape index (κ2) is 2.49. The molecule has 1 rings (SSSR count). The second-order valence-electron chi connectivity index (χ2n) is 2.66. The van der Waals surface area contributed by atoms with E-state index in [-0.39, 0.29) is 0 Å². The maximum absolute atomic E-state index is 3.91. The second-order valence-corrected chi connectivity index (χ2v) is 2.66. The Balaban J connectivity index is 2.28. The molecule has 1 heterocycles. The summed E-state index contributed by atoms with van der Waals surface area (Å²) in [5.74, 6) is 0. The molecule has 0 aromatic rings. The van der Waals surface area contributed by atoms with Gasteiger partial charge in [0.2, 0.25) is 0 Å². The van der Waals surface area contributed by atoms with Crippen molar-refractivity contribution in [3.05, 3.63) is 7.05 Å². The Morgan fingerprint density at radius 1 is 1.50 bits per heavy atom. The Kier molecular flexibility index (Phi) is 1.90. The fraction of sp³-hybridized carbons (Fsp3) is 0.857. The number of likely N-dealkylation sites (tertiary alicyclic amines) is 1. The third-order valence-electron chi connectivity index (χ3n) is 1.94.